The van der Waals surface area contributed by atoms with Gasteiger partial charge in [-0.05, 0) is 121 Å². The minimum absolute atomic E-state index is 0.0161. The molecule has 0 spiro atoms. The zero-order valence-corrected chi connectivity index (χ0v) is 28.3. The van der Waals surface area contributed by atoms with Crippen LogP contribution in [0, 0.1) is 56.7 Å². The van der Waals surface area contributed by atoms with E-state index in [9.17, 15) is 9.90 Å². The Labute approximate surface area is 265 Å². The van der Waals surface area contributed by atoms with Crippen LogP contribution in [0.3, 0.4) is 0 Å². The molecule has 5 heteroatoms. The topological polar surface area (TPSA) is 65.0 Å². The number of hydrogen-bond acceptors (Lipinski definition) is 5. The van der Waals surface area contributed by atoms with Crippen LogP contribution in [0.15, 0.2) is 35.9 Å². The molecule has 0 aromatic heterocycles. The molecule has 5 aliphatic carbocycles. The van der Waals surface area contributed by atoms with Gasteiger partial charge in [-0.3, -0.25) is 4.79 Å². The lowest BCUT2D eigenvalue weighted by atomic mass is 9.33. The summed E-state index contributed by atoms with van der Waals surface area (Å²) >= 11 is 0. The van der Waals surface area contributed by atoms with Gasteiger partial charge in [0.1, 0.15) is 13.2 Å². The highest BCUT2D eigenvalue weighted by Crippen LogP contribution is 2.75. The number of fused-ring (bicyclic) bond motifs is 8. The largest absolute Gasteiger partial charge is 0.486 e. The second kappa shape index (κ2) is 10.2. The Kier molecular flexibility index (Phi) is 7.13. The van der Waals surface area contributed by atoms with Crippen molar-refractivity contribution in [2.75, 3.05) is 13.2 Å². The van der Waals surface area contributed by atoms with Gasteiger partial charge in [0, 0.05) is 0 Å². The zero-order valence-electron chi connectivity index (χ0n) is 28.3. The summed E-state index contributed by atoms with van der Waals surface area (Å²) in [6.45, 7) is 17.8. The maximum atomic E-state index is 14.4. The second-order valence-corrected chi connectivity index (χ2v) is 17.3. The maximum Gasteiger partial charge on any atom is 0.312 e. The summed E-state index contributed by atoms with van der Waals surface area (Å²) in [5.74, 6) is 3.82. The van der Waals surface area contributed by atoms with Crippen molar-refractivity contribution < 1.29 is 24.1 Å². The minimum Gasteiger partial charge on any atom is -0.486 e. The Hall–Kier alpha value is -2.01. The molecule has 5 nitrogen and oxygen atoms in total. The number of aliphatic hydroxyl groups excluding tert-OH is 1. The number of allylic oxidation sites excluding steroid dienone is 2. The molecular weight excluding hydrogens is 548 g/mol. The predicted octanol–water partition coefficient (Wildman–Crippen LogP) is 8.39. The highest BCUT2D eigenvalue weighted by molar-refractivity contribution is 5.79. The lowest BCUT2D eigenvalue weighted by Crippen LogP contribution is -2.65. The van der Waals surface area contributed by atoms with Gasteiger partial charge >= 0.3 is 5.97 Å². The smallest absolute Gasteiger partial charge is 0.312 e. The highest BCUT2D eigenvalue weighted by atomic mass is 16.6. The standard InChI is InChI=1S/C39H56O5/c1-24-14-19-39(34(41)43-23-26-22-42-28-10-8-9-11-29(28)44-26)21-20-37(6)27(33(39)25(24)2)12-13-31-36(5)17-16-32(40)35(3,4)30(36)15-18-38(31,37)7/h8-12,24-26,30-33,40H,13-23H2,1-7H3/t24-,25+,26?,30+,31-,32+,33+,36+,37-,38-,39+/m1/s1. The van der Waals surface area contributed by atoms with Crippen LogP contribution in [-0.2, 0) is 9.53 Å². The summed E-state index contributed by atoms with van der Waals surface area (Å²) < 4.78 is 18.3. The van der Waals surface area contributed by atoms with E-state index < -0.39 is 5.41 Å². The number of hydrogen-bond donors (Lipinski definition) is 1. The van der Waals surface area contributed by atoms with Crippen LogP contribution in [-0.4, -0.2) is 36.5 Å². The molecule has 1 heterocycles. The van der Waals surface area contributed by atoms with E-state index in [2.05, 4.69) is 54.5 Å². The van der Waals surface area contributed by atoms with Crippen molar-refractivity contribution in [1.82, 2.24) is 0 Å². The van der Waals surface area contributed by atoms with Gasteiger partial charge in [0.15, 0.2) is 17.6 Å². The molecule has 0 saturated heterocycles. The van der Waals surface area contributed by atoms with E-state index in [1.54, 1.807) is 5.57 Å². The summed E-state index contributed by atoms with van der Waals surface area (Å²) in [6.07, 6.45) is 11.6. The third kappa shape index (κ3) is 4.09. The Bertz CT molecular complexity index is 1330. The van der Waals surface area contributed by atoms with Gasteiger partial charge in [-0.15, -0.1) is 0 Å². The molecular formula is C39H56O5. The fraction of sp³-hybridized carbons (Fsp3) is 0.769. The number of ether oxygens (including phenoxy) is 3. The predicted molar refractivity (Wildman–Crippen MR) is 172 cm³/mol. The number of carbonyl (C=O) groups is 1. The molecule has 1 aliphatic heterocycles. The number of rotatable bonds is 3. The molecule has 11 atom stereocenters. The van der Waals surface area contributed by atoms with Crippen molar-refractivity contribution in [1.29, 1.82) is 0 Å². The van der Waals surface area contributed by atoms with Crippen molar-refractivity contribution >= 4 is 5.97 Å². The Morgan fingerprint density at radius 1 is 0.932 bits per heavy atom. The number of benzene rings is 1. The fourth-order valence-electron chi connectivity index (χ4n) is 12.3. The van der Waals surface area contributed by atoms with Crippen LogP contribution >= 0.6 is 0 Å². The average Bonchev–Trinajstić information content (AvgIpc) is 3.00. The number of aliphatic hydroxyl groups is 1. The van der Waals surface area contributed by atoms with E-state index in [1.807, 2.05) is 24.3 Å². The van der Waals surface area contributed by atoms with Crippen molar-refractivity contribution in [3.63, 3.8) is 0 Å². The number of esters is 1. The van der Waals surface area contributed by atoms with Gasteiger partial charge < -0.3 is 19.3 Å². The molecule has 7 rings (SSSR count). The number of carbonyl (C=O) groups excluding carboxylic acids is 1. The minimum atomic E-state index is -0.466. The van der Waals surface area contributed by atoms with Crippen LogP contribution in [0.2, 0.25) is 0 Å². The zero-order chi connectivity index (χ0) is 31.3. The first-order chi connectivity index (χ1) is 20.8. The van der Waals surface area contributed by atoms with Crippen LogP contribution in [0.4, 0.5) is 0 Å². The quantitative estimate of drug-likeness (QED) is 0.277. The summed E-state index contributed by atoms with van der Waals surface area (Å²) in [5, 5.41) is 11.1. The van der Waals surface area contributed by atoms with E-state index in [1.165, 1.54) is 12.8 Å². The molecule has 0 radical (unpaired) electrons. The average molecular weight is 605 g/mol. The Morgan fingerprint density at radius 2 is 1.68 bits per heavy atom. The van der Waals surface area contributed by atoms with Crippen LogP contribution in [0.25, 0.3) is 0 Å². The molecule has 44 heavy (non-hydrogen) atoms. The van der Waals surface area contributed by atoms with E-state index >= 15 is 0 Å². The van der Waals surface area contributed by atoms with Gasteiger partial charge in [0.25, 0.3) is 0 Å². The van der Waals surface area contributed by atoms with Crippen LogP contribution < -0.4 is 9.47 Å². The first-order valence-corrected chi connectivity index (χ1v) is 17.7. The lowest BCUT2D eigenvalue weighted by Gasteiger charge is -2.71. The van der Waals surface area contributed by atoms with E-state index in [0.717, 1.165) is 56.4 Å². The molecule has 4 saturated carbocycles. The third-order valence-corrected chi connectivity index (χ3v) is 15.3. The van der Waals surface area contributed by atoms with Gasteiger partial charge in [-0.25, -0.2) is 0 Å². The van der Waals surface area contributed by atoms with E-state index in [-0.39, 0.29) is 52.4 Å². The molecule has 0 amide bonds. The molecule has 6 aliphatic rings. The van der Waals surface area contributed by atoms with Crippen molar-refractivity contribution in [3.05, 3.63) is 35.9 Å². The first-order valence-electron chi connectivity index (χ1n) is 17.7. The Morgan fingerprint density at radius 3 is 2.45 bits per heavy atom. The van der Waals surface area contributed by atoms with Gasteiger partial charge in [0.05, 0.1) is 11.5 Å². The lowest BCUT2D eigenvalue weighted by molar-refractivity contribution is -0.208. The summed E-state index contributed by atoms with van der Waals surface area (Å²) in [7, 11) is 0. The van der Waals surface area contributed by atoms with Crippen LogP contribution in [0.5, 0.6) is 11.5 Å². The summed E-state index contributed by atoms with van der Waals surface area (Å²) in [4.78, 5) is 14.4. The number of para-hydroxylation sites is 2. The molecule has 1 aromatic rings. The van der Waals surface area contributed by atoms with Crippen molar-refractivity contribution in [2.45, 2.75) is 118 Å². The second-order valence-electron chi connectivity index (χ2n) is 17.3. The monoisotopic (exact) mass is 604 g/mol. The fourth-order valence-corrected chi connectivity index (χ4v) is 12.3. The Balaban J connectivity index is 1.19. The van der Waals surface area contributed by atoms with Crippen LogP contribution in [0.1, 0.15) is 106 Å². The van der Waals surface area contributed by atoms with Crippen molar-refractivity contribution in [3.8, 4) is 11.5 Å². The first kappa shape index (κ1) is 30.6. The molecule has 1 N–H and O–H groups in total. The normalized spacial score (nSPS) is 47.2. The van der Waals surface area contributed by atoms with Gasteiger partial charge in [-0.1, -0.05) is 72.2 Å². The molecule has 242 valence electrons. The van der Waals surface area contributed by atoms with Gasteiger partial charge in [0.2, 0.25) is 0 Å². The molecule has 1 aromatic carbocycles. The summed E-state index contributed by atoms with van der Waals surface area (Å²) in [6, 6.07) is 7.72. The molecule has 4 fully saturated rings. The van der Waals surface area contributed by atoms with Gasteiger partial charge in [-0.2, -0.15) is 0 Å². The maximum absolute atomic E-state index is 14.4. The SMILES string of the molecule is C[C@H]1[C@H](C)CC[C@]2(C(=O)OCC3COc4ccccc4O3)CC[C@]3(C)C(=CC[C@@H]4[C@@]5(C)CC[C@H](O)C(C)(C)[C@@H]5CC[C@]43C)[C@H]12. The highest BCUT2D eigenvalue weighted by Gasteiger charge is 2.69. The molecule has 1 unspecified atom stereocenters. The van der Waals surface area contributed by atoms with Crippen molar-refractivity contribution in [2.24, 2.45) is 56.7 Å². The van der Waals surface area contributed by atoms with E-state index in [0.29, 0.717) is 30.3 Å². The van der Waals surface area contributed by atoms with E-state index in [4.69, 9.17) is 14.2 Å². The summed E-state index contributed by atoms with van der Waals surface area (Å²) in [5.41, 5.74) is 1.52. The third-order valence-electron chi connectivity index (χ3n) is 15.3. The molecule has 0 bridgehead atoms.